The highest BCUT2D eigenvalue weighted by Gasteiger charge is 2.18. The van der Waals surface area contributed by atoms with Crippen LogP contribution < -0.4 is 0 Å². The molecule has 0 heterocycles. The predicted octanol–water partition coefficient (Wildman–Crippen LogP) is 1.95. The number of carbonyl (C=O) groups is 1. The summed E-state index contributed by atoms with van der Waals surface area (Å²) >= 11 is 4.06. The third kappa shape index (κ3) is 3.59. The monoisotopic (exact) mass is 201 g/mol. The standard InChI is InChI=1S/C10H19NOS/c1-11(10(12)6-7-13)8-9-4-2-3-5-9/h9,13H,2-8H2,1H3. The Balaban J connectivity index is 2.22. The van der Waals surface area contributed by atoms with E-state index in [1.54, 1.807) is 0 Å². The molecule has 1 aliphatic carbocycles. The molecule has 2 nitrogen and oxygen atoms in total. The molecule has 0 aromatic heterocycles. The van der Waals surface area contributed by atoms with Gasteiger partial charge >= 0.3 is 0 Å². The van der Waals surface area contributed by atoms with Crippen molar-refractivity contribution in [2.24, 2.45) is 5.92 Å². The normalized spacial score (nSPS) is 17.7. The first-order valence-corrected chi connectivity index (χ1v) is 5.72. The molecule has 0 N–H and O–H groups in total. The van der Waals surface area contributed by atoms with Gasteiger partial charge < -0.3 is 4.90 Å². The summed E-state index contributed by atoms with van der Waals surface area (Å²) in [5, 5.41) is 0. The van der Waals surface area contributed by atoms with Crippen LogP contribution in [0.25, 0.3) is 0 Å². The lowest BCUT2D eigenvalue weighted by atomic mass is 10.1. The predicted molar refractivity (Wildman–Crippen MR) is 58.1 cm³/mol. The topological polar surface area (TPSA) is 20.3 Å². The van der Waals surface area contributed by atoms with Crippen molar-refractivity contribution in [3.05, 3.63) is 0 Å². The largest absolute Gasteiger partial charge is 0.345 e. The van der Waals surface area contributed by atoms with Crippen LogP contribution in [0.4, 0.5) is 0 Å². The van der Waals surface area contributed by atoms with Gasteiger partial charge in [0.15, 0.2) is 0 Å². The van der Waals surface area contributed by atoms with Gasteiger partial charge in [-0.05, 0) is 24.5 Å². The molecule has 13 heavy (non-hydrogen) atoms. The Hall–Kier alpha value is -0.180. The van der Waals surface area contributed by atoms with Gasteiger partial charge in [0, 0.05) is 20.0 Å². The zero-order valence-corrected chi connectivity index (χ0v) is 9.22. The second-order valence-corrected chi connectivity index (χ2v) is 4.35. The zero-order valence-electron chi connectivity index (χ0n) is 8.33. The molecule has 0 spiro atoms. The fraction of sp³-hybridized carbons (Fsp3) is 0.900. The van der Waals surface area contributed by atoms with E-state index >= 15 is 0 Å². The van der Waals surface area contributed by atoms with Crippen LogP contribution in [0.5, 0.6) is 0 Å². The average Bonchev–Trinajstić information content (AvgIpc) is 2.57. The van der Waals surface area contributed by atoms with E-state index in [9.17, 15) is 4.79 Å². The molecular weight excluding hydrogens is 182 g/mol. The van der Waals surface area contributed by atoms with E-state index in [-0.39, 0.29) is 5.91 Å². The fourth-order valence-corrected chi connectivity index (χ4v) is 2.16. The van der Waals surface area contributed by atoms with Crippen molar-refractivity contribution in [1.29, 1.82) is 0 Å². The van der Waals surface area contributed by atoms with Crippen molar-refractivity contribution < 1.29 is 4.79 Å². The van der Waals surface area contributed by atoms with Gasteiger partial charge in [0.05, 0.1) is 0 Å². The fourth-order valence-electron chi connectivity index (χ4n) is 1.97. The zero-order chi connectivity index (χ0) is 9.68. The van der Waals surface area contributed by atoms with Crippen LogP contribution in [-0.2, 0) is 4.79 Å². The van der Waals surface area contributed by atoms with Crippen LogP contribution in [0.2, 0.25) is 0 Å². The molecule has 76 valence electrons. The first-order valence-electron chi connectivity index (χ1n) is 5.09. The SMILES string of the molecule is CN(CC1CCCC1)C(=O)CCS. The second kappa shape index (κ2) is 5.53. The van der Waals surface area contributed by atoms with E-state index in [4.69, 9.17) is 0 Å². The maximum atomic E-state index is 11.4. The minimum absolute atomic E-state index is 0.238. The molecule has 1 amide bonds. The second-order valence-electron chi connectivity index (χ2n) is 3.90. The van der Waals surface area contributed by atoms with Crippen molar-refractivity contribution in [3.8, 4) is 0 Å². The molecule has 0 atom stereocenters. The Morgan fingerprint density at radius 2 is 2.08 bits per heavy atom. The van der Waals surface area contributed by atoms with E-state index in [2.05, 4.69) is 12.6 Å². The quantitative estimate of drug-likeness (QED) is 0.689. The van der Waals surface area contributed by atoms with Crippen LogP contribution in [0, 0.1) is 5.92 Å². The van der Waals surface area contributed by atoms with Gasteiger partial charge in [-0.1, -0.05) is 12.8 Å². The number of nitrogens with zero attached hydrogens (tertiary/aromatic N) is 1. The highest BCUT2D eigenvalue weighted by molar-refractivity contribution is 7.80. The number of hydrogen-bond acceptors (Lipinski definition) is 2. The van der Waals surface area contributed by atoms with Crippen molar-refractivity contribution in [1.82, 2.24) is 4.90 Å². The van der Waals surface area contributed by atoms with Crippen molar-refractivity contribution in [2.45, 2.75) is 32.1 Å². The maximum Gasteiger partial charge on any atom is 0.223 e. The Morgan fingerprint density at radius 1 is 1.46 bits per heavy atom. The third-order valence-corrected chi connectivity index (χ3v) is 2.98. The Kier molecular flexibility index (Phi) is 4.64. The number of hydrogen-bond donors (Lipinski definition) is 1. The lowest BCUT2D eigenvalue weighted by Gasteiger charge is -2.20. The molecule has 1 fully saturated rings. The molecule has 0 aliphatic heterocycles. The van der Waals surface area contributed by atoms with Gasteiger partial charge in [-0.15, -0.1) is 0 Å². The van der Waals surface area contributed by atoms with E-state index in [1.807, 2.05) is 11.9 Å². The summed E-state index contributed by atoms with van der Waals surface area (Å²) in [4.78, 5) is 13.3. The van der Waals surface area contributed by atoms with E-state index < -0.39 is 0 Å². The number of amides is 1. The number of thiol groups is 1. The minimum Gasteiger partial charge on any atom is -0.345 e. The molecular formula is C10H19NOS. The number of carbonyl (C=O) groups excluding carboxylic acids is 1. The summed E-state index contributed by atoms with van der Waals surface area (Å²) in [6, 6.07) is 0. The molecule has 1 aliphatic rings. The molecule has 3 heteroatoms. The maximum absolute atomic E-state index is 11.4. The number of rotatable bonds is 4. The van der Waals surface area contributed by atoms with Crippen LogP contribution in [0.15, 0.2) is 0 Å². The van der Waals surface area contributed by atoms with Crippen LogP contribution in [0.1, 0.15) is 32.1 Å². The molecule has 0 unspecified atom stereocenters. The van der Waals surface area contributed by atoms with Crippen LogP contribution >= 0.6 is 12.6 Å². The van der Waals surface area contributed by atoms with Crippen LogP contribution in [-0.4, -0.2) is 30.2 Å². The lowest BCUT2D eigenvalue weighted by molar-refractivity contribution is -0.129. The molecule has 0 aromatic carbocycles. The summed E-state index contributed by atoms with van der Waals surface area (Å²) in [5.41, 5.74) is 0. The van der Waals surface area contributed by atoms with Gasteiger partial charge in [-0.3, -0.25) is 4.79 Å². The van der Waals surface area contributed by atoms with E-state index in [1.165, 1.54) is 25.7 Å². The van der Waals surface area contributed by atoms with E-state index in [0.717, 1.165) is 12.5 Å². The molecule has 0 saturated heterocycles. The summed E-state index contributed by atoms with van der Waals surface area (Å²) in [6.07, 6.45) is 5.88. The van der Waals surface area contributed by atoms with Gasteiger partial charge in [0.1, 0.15) is 0 Å². The van der Waals surface area contributed by atoms with Gasteiger partial charge in [0.2, 0.25) is 5.91 Å². The summed E-state index contributed by atoms with van der Waals surface area (Å²) < 4.78 is 0. The third-order valence-electron chi connectivity index (χ3n) is 2.76. The summed E-state index contributed by atoms with van der Waals surface area (Å²) in [5.74, 6) is 1.66. The molecule has 0 aromatic rings. The minimum atomic E-state index is 0.238. The molecule has 0 bridgehead atoms. The highest BCUT2D eigenvalue weighted by atomic mass is 32.1. The Labute approximate surface area is 86.1 Å². The highest BCUT2D eigenvalue weighted by Crippen LogP contribution is 2.25. The Bertz CT molecular complexity index is 166. The van der Waals surface area contributed by atoms with Gasteiger partial charge in [-0.2, -0.15) is 12.6 Å². The van der Waals surface area contributed by atoms with Gasteiger partial charge in [-0.25, -0.2) is 0 Å². The van der Waals surface area contributed by atoms with Gasteiger partial charge in [0.25, 0.3) is 0 Å². The average molecular weight is 201 g/mol. The van der Waals surface area contributed by atoms with Crippen molar-refractivity contribution >= 4 is 18.5 Å². The summed E-state index contributed by atoms with van der Waals surface area (Å²) in [6.45, 7) is 0.951. The Morgan fingerprint density at radius 3 is 2.62 bits per heavy atom. The van der Waals surface area contributed by atoms with Crippen molar-refractivity contribution in [3.63, 3.8) is 0 Å². The molecule has 0 radical (unpaired) electrons. The van der Waals surface area contributed by atoms with Crippen LogP contribution in [0.3, 0.4) is 0 Å². The first-order chi connectivity index (χ1) is 6.24. The lowest BCUT2D eigenvalue weighted by Crippen LogP contribution is -2.31. The smallest absolute Gasteiger partial charge is 0.223 e. The summed E-state index contributed by atoms with van der Waals surface area (Å²) in [7, 11) is 1.91. The first kappa shape index (κ1) is 10.9. The van der Waals surface area contributed by atoms with E-state index in [0.29, 0.717) is 12.2 Å². The molecule has 1 saturated carbocycles. The molecule has 1 rings (SSSR count). The van der Waals surface area contributed by atoms with Crippen molar-refractivity contribution in [2.75, 3.05) is 19.3 Å².